The second-order valence-electron chi connectivity index (χ2n) is 16.5. The number of aromatic nitrogens is 4. The van der Waals surface area contributed by atoms with Gasteiger partial charge in [0.15, 0.2) is 0 Å². The van der Waals surface area contributed by atoms with Crippen LogP contribution in [0, 0.1) is 31.4 Å². The van der Waals surface area contributed by atoms with Crippen LogP contribution in [0.2, 0.25) is 0 Å². The Bertz CT molecular complexity index is 2370. The molecule has 3 heterocycles. The minimum atomic E-state index is -0.0156. The number of benzene rings is 4. The maximum Gasteiger partial charge on any atom is 2.00 e. The summed E-state index contributed by atoms with van der Waals surface area (Å²) < 4.78 is 10.7. The third kappa shape index (κ3) is 8.06. The van der Waals surface area contributed by atoms with Gasteiger partial charge in [0.05, 0.1) is 5.69 Å². The summed E-state index contributed by atoms with van der Waals surface area (Å²) in [6.45, 7) is 20.2. The van der Waals surface area contributed by atoms with Gasteiger partial charge in [0.25, 0.3) is 0 Å². The Balaban J connectivity index is 0.00000481. The van der Waals surface area contributed by atoms with Crippen LogP contribution in [0.1, 0.15) is 96.2 Å². The van der Waals surface area contributed by atoms with Gasteiger partial charge in [0.2, 0.25) is 0 Å². The maximum absolute atomic E-state index is 6.52. The van der Waals surface area contributed by atoms with Crippen LogP contribution in [0.4, 0.5) is 0 Å². The summed E-state index contributed by atoms with van der Waals surface area (Å²) in [7, 11) is 0. The standard InChI is InChI=1S/C47H50N4O.Pt/c1-31(15-14-25-46(4,5)6)35-20-23-42-41(27-35)40-22-21-39(30-43(40)50(42)44-28-36(24-26-48-44)47(7,8)9)52-38-19-13-18-37(29-38)51-33(3)45(32(2)49-51)34-16-11-10-12-17-34;/h10-13,16-24,26-28,31H,14-15,25H2,1-9H3;/q-2;+2. The van der Waals surface area contributed by atoms with Gasteiger partial charge in [-0.2, -0.15) is 17.2 Å². The minimum absolute atomic E-state index is 0. The molecule has 1 unspecified atom stereocenters. The molecule has 7 aromatic rings. The van der Waals surface area contributed by atoms with Crippen molar-refractivity contribution < 1.29 is 25.8 Å². The molecule has 4 aromatic carbocycles. The molecule has 0 radical (unpaired) electrons. The van der Waals surface area contributed by atoms with Crippen LogP contribution in [-0.2, 0) is 26.5 Å². The van der Waals surface area contributed by atoms with E-state index in [0.29, 0.717) is 22.8 Å². The first-order chi connectivity index (χ1) is 24.8. The normalized spacial score (nSPS) is 12.6. The fourth-order valence-corrected chi connectivity index (χ4v) is 7.30. The Hall–Kier alpha value is -4.47. The SMILES string of the molecule is Cc1nn(-c2[c-]c(Oc3[c-]c4c(cc3)c3cc(C(C)CCCC(C)(C)C)ccc3n4-c3cc(C(C)(C)C)ccn3)ccc2)c(C)c1-c1ccccc1.[Pt+2]. The van der Waals surface area contributed by atoms with Crippen LogP contribution >= 0.6 is 0 Å². The van der Waals surface area contributed by atoms with Crippen LogP contribution in [-0.4, -0.2) is 19.3 Å². The predicted molar refractivity (Wildman–Crippen MR) is 215 cm³/mol. The molecule has 0 N–H and O–H groups in total. The van der Waals surface area contributed by atoms with E-state index in [9.17, 15) is 0 Å². The molecule has 0 saturated carbocycles. The van der Waals surface area contributed by atoms with E-state index in [0.717, 1.165) is 50.4 Å². The topological polar surface area (TPSA) is 44.9 Å². The minimum Gasteiger partial charge on any atom is -0.509 e. The van der Waals surface area contributed by atoms with Crippen LogP contribution < -0.4 is 4.74 Å². The van der Waals surface area contributed by atoms with Crippen molar-refractivity contribution in [1.29, 1.82) is 0 Å². The quantitative estimate of drug-likeness (QED) is 0.136. The zero-order valence-electron chi connectivity index (χ0n) is 32.4. The van der Waals surface area contributed by atoms with E-state index in [2.05, 4.69) is 140 Å². The molecule has 274 valence electrons. The van der Waals surface area contributed by atoms with E-state index in [4.69, 9.17) is 14.8 Å². The molecular formula is C47H50N4OPt. The van der Waals surface area contributed by atoms with Crippen molar-refractivity contribution in [2.75, 3.05) is 0 Å². The van der Waals surface area contributed by atoms with Gasteiger partial charge < -0.3 is 9.30 Å². The molecule has 0 spiro atoms. The van der Waals surface area contributed by atoms with Gasteiger partial charge in [-0.25, -0.2) is 4.98 Å². The smallest absolute Gasteiger partial charge is 0.509 e. The summed E-state index contributed by atoms with van der Waals surface area (Å²) in [4.78, 5) is 4.90. The summed E-state index contributed by atoms with van der Waals surface area (Å²) in [5.41, 5.74) is 10.1. The molecule has 1 atom stereocenters. The average Bonchev–Trinajstić information content (AvgIpc) is 3.59. The summed E-state index contributed by atoms with van der Waals surface area (Å²) in [6, 6.07) is 38.9. The monoisotopic (exact) mass is 881 g/mol. The van der Waals surface area contributed by atoms with Crippen molar-refractivity contribution in [1.82, 2.24) is 19.3 Å². The Labute approximate surface area is 329 Å². The van der Waals surface area contributed by atoms with E-state index in [-0.39, 0.29) is 26.5 Å². The zero-order chi connectivity index (χ0) is 36.8. The van der Waals surface area contributed by atoms with E-state index >= 15 is 0 Å². The molecular weight excluding hydrogens is 832 g/mol. The Morgan fingerprint density at radius 1 is 0.792 bits per heavy atom. The predicted octanol–water partition coefficient (Wildman–Crippen LogP) is 12.7. The fraction of sp³-hybridized carbons (Fsp3) is 0.319. The van der Waals surface area contributed by atoms with E-state index in [1.807, 2.05) is 41.2 Å². The van der Waals surface area contributed by atoms with Crippen LogP contribution in [0.3, 0.4) is 0 Å². The number of ether oxygens (including phenoxy) is 1. The van der Waals surface area contributed by atoms with Crippen molar-refractivity contribution in [2.24, 2.45) is 5.41 Å². The Kier molecular flexibility index (Phi) is 10.9. The Morgan fingerprint density at radius 3 is 2.28 bits per heavy atom. The van der Waals surface area contributed by atoms with Gasteiger partial charge in [-0.3, -0.25) is 4.68 Å². The number of pyridine rings is 1. The molecule has 0 fully saturated rings. The molecule has 3 aromatic heterocycles. The van der Waals surface area contributed by atoms with Crippen molar-refractivity contribution in [3.8, 4) is 34.1 Å². The number of fused-ring (bicyclic) bond motifs is 3. The van der Waals surface area contributed by atoms with Crippen molar-refractivity contribution in [3.63, 3.8) is 0 Å². The largest absolute Gasteiger partial charge is 2.00 e. The molecule has 0 aliphatic rings. The molecule has 53 heavy (non-hydrogen) atoms. The summed E-state index contributed by atoms with van der Waals surface area (Å²) in [6.07, 6.45) is 5.53. The second-order valence-corrected chi connectivity index (χ2v) is 16.5. The van der Waals surface area contributed by atoms with Gasteiger partial charge in [-0.15, -0.1) is 35.7 Å². The second kappa shape index (κ2) is 15.1. The summed E-state index contributed by atoms with van der Waals surface area (Å²) in [5.74, 6) is 2.56. The van der Waals surface area contributed by atoms with Gasteiger partial charge in [0, 0.05) is 34.5 Å². The molecule has 0 bridgehead atoms. The van der Waals surface area contributed by atoms with E-state index < -0.39 is 0 Å². The van der Waals surface area contributed by atoms with Crippen molar-refractivity contribution >= 4 is 21.8 Å². The maximum atomic E-state index is 6.52. The number of rotatable bonds is 9. The summed E-state index contributed by atoms with van der Waals surface area (Å²) in [5, 5.41) is 7.23. The van der Waals surface area contributed by atoms with E-state index in [1.54, 1.807) is 0 Å². The van der Waals surface area contributed by atoms with E-state index in [1.165, 1.54) is 35.8 Å². The third-order valence-electron chi connectivity index (χ3n) is 10.2. The van der Waals surface area contributed by atoms with Crippen molar-refractivity contribution in [2.45, 2.75) is 92.9 Å². The molecule has 0 aliphatic heterocycles. The first kappa shape index (κ1) is 38.3. The molecule has 5 nitrogen and oxygen atoms in total. The number of hydrogen-bond acceptors (Lipinski definition) is 3. The number of aryl methyl sites for hydroxylation is 1. The third-order valence-corrected chi connectivity index (χ3v) is 10.2. The molecule has 6 heteroatoms. The fourth-order valence-electron chi connectivity index (χ4n) is 7.30. The molecule has 7 rings (SSSR count). The van der Waals surface area contributed by atoms with Crippen LogP contribution in [0.5, 0.6) is 11.5 Å². The summed E-state index contributed by atoms with van der Waals surface area (Å²) >= 11 is 0. The van der Waals surface area contributed by atoms with Gasteiger partial charge >= 0.3 is 21.1 Å². The molecule has 0 saturated heterocycles. The number of nitrogens with zero attached hydrogens (tertiary/aromatic N) is 4. The Morgan fingerprint density at radius 2 is 1.55 bits per heavy atom. The first-order valence-corrected chi connectivity index (χ1v) is 18.6. The van der Waals surface area contributed by atoms with Crippen molar-refractivity contribution in [3.05, 3.63) is 132 Å². The molecule has 0 amide bonds. The van der Waals surface area contributed by atoms with Gasteiger partial charge in [-0.1, -0.05) is 103 Å². The first-order valence-electron chi connectivity index (χ1n) is 18.6. The van der Waals surface area contributed by atoms with Crippen LogP contribution in [0.25, 0.3) is 44.4 Å². The van der Waals surface area contributed by atoms with Gasteiger partial charge in [0.1, 0.15) is 5.82 Å². The zero-order valence-corrected chi connectivity index (χ0v) is 34.7. The average molecular weight is 882 g/mol. The molecule has 0 aliphatic carbocycles. The van der Waals surface area contributed by atoms with Crippen LogP contribution in [0.15, 0.2) is 97.2 Å². The van der Waals surface area contributed by atoms with Gasteiger partial charge in [-0.05, 0) is 89.4 Å². The number of hydrogen-bond donors (Lipinski definition) is 0.